The van der Waals surface area contributed by atoms with Gasteiger partial charge < -0.3 is 10.6 Å². The van der Waals surface area contributed by atoms with Crippen LogP contribution in [0, 0.1) is 0 Å². The Balaban J connectivity index is 1.91. The molecule has 0 aliphatic carbocycles. The highest BCUT2D eigenvalue weighted by Crippen LogP contribution is 2.23. The number of carbonyl (C=O) groups excluding carboxylic acids is 1. The third-order valence-electron chi connectivity index (χ3n) is 3.41. The van der Waals surface area contributed by atoms with Gasteiger partial charge >= 0.3 is 0 Å². The topological polar surface area (TPSA) is 66.9 Å². The fourth-order valence-corrected chi connectivity index (χ4v) is 2.33. The number of hydrogen-bond donors (Lipinski definition) is 2. The van der Waals surface area contributed by atoms with Gasteiger partial charge in [-0.25, -0.2) is 9.97 Å². The van der Waals surface area contributed by atoms with E-state index in [1.165, 1.54) is 0 Å². The lowest BCUT2D eigenvalue weighted by atomic mass is 10.1. The van der Waals surface area contributed by atoms with E-state index in [0.717, 1.165) is 42.3 Å². The summed E-state index contributed by atoms with van der Waals surface area (Å²) >= 11 is 0. The molecule has 0 radical (unpaired) electrons. The summed E-state index contributed by atoms with van der Waals surface area (Å²) in [5.41, 5.74) is 3.75. The summed E-state index contributed by atoms with van der Waals surface area (Å²) in [4.78, 5) is 20.1. The maximum atomic E-state index is 11.4. The first-order valence-corrected chi connectivity index (χ1v) is 6.65. The van der Waals surface area contributed by atoms with Gasteiger partial charge in [0.1, 0.15) is 12.1 Å². The Bertz CT molecular complexity index is 654. The normalized spacial score (nSPS) is 13.7. The van der Waals surface area contributed by atoms with Crippen LogP contribution in [0.25, 0.3) is 0 Å². The van der Waals surface area contributed by atoms with Gasteiger partial charge in [-0.1, -0.05) is 12.1 Å². The highest BCUT2D eigenvalue weighted by Gasteiger charge is 2.15. The highest BCUT2D eigenvalue weighted by atomic mass is 16.1. The fourth-order valence-electron chi connectivity index (χ4n) is 2.33. The van der Waals surface area contributed by atoms with Crippen LogP contribution in [0.3, 0.4) is 0 Å². The summed E-state index contributed by atoms with van der Waals surface area (Å²) in [6.07, 6.45) is 2.50. The van der Waals surface area contributed by atoms with Gasteiger partial charge in [-0.3, -0.25) is 4.79 Å². The van der Waals surface area contributed by atoms with E-state index < -0.39 is 0 Å². The number of hydrogen-bond acceptors (Lipinski definition) is 5. The van der Waals surface area contributed by atoms with Gasteiger partial charge in [-0.15, -0.1) is 0 Å². The zero-order valence-corrected chi connectivity index (χ0v) is 11.3. The number of anilines is 2. The molecule has 1 aliphatic heterocycles. The van der Waals surface area contributed by atoms with Crippen LogP contribution < -0.4 is 10.6 Å². The number of nitrogens with zero attached hydrogens (tertiary/aromatic N) is 2. The summed E-state index contributed by atoms with van der Waals surface area (Å²) in [5, 5.41) is 6.61. The Morgan fingerprint density at radius 3 is 3.10 bits per heavy atom. The van der Waals surface area contributed by atoms with Gasteiger partial charge in [0.15, 0.2) is 5.78 Å². The Morgan fingerprint density at radius 1 is 1.35 bits per heavy atom. The number of benzene rings is 1. The number of ketones is 1. The third-order valence-corrected chi connectivity index (χ3v) is 3.41. The van der Waals surface area contributed by atoms with Gasteiger partial charge in [0.05, 0.1) is 5.69 Å². The first-order valence-electron chi connectivity index (χ1n) is 6.65. The van der Waals surface area contributed by atoms with Crippen molar-refractivity contribution >= 4 is 17.3 Å². The first-order chi connectivity index (χ1) is 9.74. The van der Waals surface area contributed by atoms with Crippen molar-refractivity contribution < 1.29 is 4.79 Å². The second-order valence-corrected chi connectivity index (χ2v) is 4.84. The number of Topliss-reactive ketones (excluding diaryl/α,β-unsaturated/α-hetero) is 1. The van der Waals surface area contributed by atoms with Crippen LogP contribution in [0.2, 0.25) is 0 Å². The molecule has 0 spiro atoms. The molecule has 0 atom stereocenters. The van der Waals surface area contributed by atoms with E-state index in [-0.39, 0.29) is 5.78 Å². The lowest BCUT2D eigenvalue weighted by molar-refractivity contribution is 0.101. The molecule has 0 amide bonds. The summed E-state index contributed by atoms with van der Waals surface area (Å²) in [5.74, 6) is 0.864. The molecule has 2 heterocycles. The molecule has 1 aliphatic rings. The second kappa shape index (κ2) is 5.38. The maximum Gasteiger partial charge on any atom is 0.159 e. The Hall–Kier alpha value is -2.27. The average molecular weight is 268 g/mol. The van der Waals surface area contributed by atoms with E-state index in [0.29, 0.717) is 5.56 Å². The van der Waals surface area contributed by atoms with Crippen molar-refractivity contribution in [1.29, 1.82) is 0 Å². The predicted octanol–water partition coefficient (Wildman–Crippen LogP) is 2.07. The number of aromatic nitrogens is 2. The summed E-state index contributed by atoms with van der Waals surface area (Å²) < 4.78 is 0. The van der Waals surface area contributed by atoms with E-state index in [1.54, 1.807) is 13.3 Å². The number of fused-ring (bicyclic) bond motifs is 1. The molecule has 0 fully saturated rings. The van der Waals surface area contributed by atoms with Crippen LogP contribution >= 0.6 is 0 Å². The van der Waals surface area contributed by atoms with Gasteiger partial charge in [-0.05, 0) is 19.1 Å². The molecule has 2 aromatic rings. The molecule has 5 heteroatoms. The van der Waals surface area contributed by atoms with Crippen LogP contribution in [-0.2, 0) is 13.0 Å². The molecule has 0 saturated carbocycles. The quantitative estimate of drug-likeness (QED) is 0.834. The molecule has 20 heavy (non-hydrogen) atoms. The first kappa shape index (κ1) is 12.7. The Kier molecular flexibility index (Phi) is 3.43. The Morgan fingerprint density at radius 2 is 2.25 bits per heavy atom. The summed E-state index contributed by atoms with van der Waals surface area (Å²) in [7, 11) is 0. The lowest BCUT2D eigenvalue weighted by Crippen LogP contribution is -2.25. The summed E-state index contributed by atoms with van der Waals surface area (Å²) in [6, 6.07) is 7.44. The van der Waals surface area contributed by atoms with Crippen molar-refractivity contribution in [3.8, 4) is 0 Å². The second-order valence-electron chi connectivity index (χ2n) is 4.84. The minimum absolute atomic E-state index is 0.0556. The van der Waals surface area contributed by atoms with Crippen molar-refractivity contribution in [2.75, 3.05) is 11.9 Å². The van der Waals surface area contributed by atoms with Crippen molar-refractivity contribution in [2.24, 2.45) is 0 Å². The van der Waals surface area contributed by atoms with E-state index >= 15 is 0 Å². The molecule has 0 bridgehead atoms. The molecular weight excluding hydrogens is 252 g/mol. The van der Waals surface area contributed by atoms with E-state index in [1.807, 2.05) is 24.3 Å². The van der Waals surface area contributed by atoms with Gasteiger partial charge in [-0.2, -0.15) is 0 Å². The largest absolute Gasteiger partial charge is 0.340 e. The van der Waals surface area contributed by atoms with Crippen molar-refractivity contribution in [3.05, 3.63) is 47.4 Å². The fraction of sp³-hybridized carbons (Fsp3) is 0.267. The molecule has 0 unspecified atom stereocenters. The lowest BCUT2D eigenvalue weighted by Gasteiger charge is -2.19. The molecule has 3 rings (SSSR count). The van der Waals surface area contributed by atoms with Crippen LogP contribution in [0.5, 0.6) is 0 Å². The number of rotatable bonds is 3. The van der Waals surface area contributed by atoms with Gasteiger partial charge in [0, 0.05) is 36.3 Å². The third kappa shape index (κ3) is 2.53. The van der Waals surface area contributed by atoms with Crippen molar-refractivity contribution in [1.82, 2.24) is 15.3 Å². The zero-order valence-electron chi connectivity index (χ0n) is 11.3. The molecule has 0 saturated heterocycles. The Labute approximate surface area is 117 Å². The molecule has 2 N–H and O–H groups in total. The molecule has 1 aromatic carbocycles. The van der Waals surface area contributed by atoms with Crippen LogP contribution in [-0.4, -0.2) is 22.3 Å². The molecule has 5 nitrogen and oxygen atoms in total. The number of nitrogens with one attached hydrogen (secondary N) is 2. The maximum absolute atomic E-state index is 11.4. The minimum atomic E-state index is 0.0556. The standard InChI is InChI=1S/C15H16N4O/c1-10(20)11-3-2-4-12(7-11)19-15-13-8-16-6-5-14(13)17-9-18-15/h2-4,7,9,16H,5-6,8H2,1H3,(H,17,18,19). The molecule has 1 aromatic heterocycles. The predicted molar refractivity (Wildman–Crippen MR) is 77.2 cm³/mol. The van der Waals surface area contributed by atoms with E-state index in [2.05, 4.69) is 20.6 Å². The van der Waals surface area contributed by atoms with Gasteiger partial charge in [0.25, 0.3) is 0 Å². The zero-order chi connectivity index (χ0) is 13.9. The average Bonchev–Trinajstić information content (AvgIpc) is 2.48. The monoisotopic (exact) mass is 268 g/mol. The highest BCUT2D eigenvalue weighted by molar-refractivity contribution is 5.95. The van der Waals surface area contributed by atoms with Gasteiger partial charge in [0.2, 0.25) is 0 Å². The molecule has 102 valence electrons. The van der Waals surface area contributed by atoms with Crippen molar-refractivity contribution in [2.45, 2.75) is 19.9 Å². The van der Waals surface area contributed by atoms with E-state index in [9.17, 15) is 4.79 Å². The van der Waals surface area contributed by atoms with Crippen LogP contribution in [0.15, 0.2) is 30.6 Å². The SMILES string of the molecule is CC(=O)c1cccc(Nc2ncnc3c2CNCC3)c1. The van der Waals surface area contributed by atoms with E-state index in [4.69, 9.17) is 0 Å². The molecular formula is C15H16N4O. The number of carbonyl (C=O) groups is 1. The van der Waals surface area contributed by atoms with Crippen LogP contribution in [0.1, 0.15) is 28.5 Å². The van der Waals surface area contributed by atoms with Crippen molar-refractivity contribution in [3.63, 3.8) is 0 Å². The minimum Gasteiger partial charge on any atom is -0.340 e. The van der Waals surface area contributed by atoms with Crippen LogP contribution in [0.4, 0.5) is 11.5 Å². The summed E-state index contributed by atoms with van der Waals surface area (Å²) in [6.45, 7) is 3.28. The smallest absolute Gasteiger partial charge is 0.159 e.